The predicted octanol–water partition coefficient (Wildman–Crippen LogP) is 3.09. The lowest BCUT2D eigenvalue weighted by molar-refractivity contribution is 0.0250. The van der Waals surface area contributed by atoms with Crippen molar-refractivity contribution in [2.75, 3.05) is 19.7 Å². The number of carbonyl (C=O) groups is 1. The second-order valence-electron chi connectivity index (χ2n) is 5.94. The number of pyridine rings is 1. The van der Waals surface area contributed by atoms with Gasteiger partial charge in [-0.25, -0.2) is 4.39 Å². The minimum absolute atomic E-state index is 0.0212. The number of hydrogen-bond acceptors (Lipinski definition) is 4. The third kappa shape index (κ3) is 4.46. The molecule has 1 saturated heterocycles. The molecule has 126 valence electrons. The maximum Gasteiger partial charge on any atom is 0.162 e. The number of hydrogen-bond donors (Lipinski definition) is 1. The first-order valence-corrected chi connectivity index (χ1v) is 8.28. The summed E-state index contributed by atoms with van der Waals surface area (Å²) in [4.78, 5) is 16.5. The van der Waals surface area contributed by atoms with E-state index in [0.717, 1.165) is 37.2 Å². The summed E-state index contributed by atoms with van der Waals surface area (Å²) < 4.78 is 18.5. The Hall–Kier alpha value is -2.11. The maximum atomic E-state index is 12.9. The fourth-order valence-corrected chi connectivity index (χ4v) is 2.76. The number of aromatic nitrogens is 1. The zero-order valence-electron chi connectivity index (χ0n) is 13.5. The molecule has 0 spiro atoms. The van der Waals surface area contributed by atoms with Crippen molar-refractivity contribution in [3.63, 3.8) is 0 Å². The number of morpholine rings is 1. The van der Waals surface area contributed by atoms with Crippen molar-refractivity contribution in [2.45, 2.75) is 25.4 Å². The maximum absolute atomic E-state index is 12.9. The van der Waals surface area contributed by atoms with Gasteiger partial charge in [0.25, 0.3) is 0 Å². The van der Waals surface area contributed by atoms with Crippen LogP contribution in [0.15, 0.2) is 42.6 Å². The highest BCUT2D eigenvalue weighted by molar-refractivity contribution is 5.95. The smallest absolute Gasteiger partial charge is 0.162 e. The molecule has 1 atom stereocenters. The Labute approximate surface area is 141 Å². The predicted molar refractivity (Wildman–Crippen MR) is 89.5 cm³/mol. The molecule has 1 aromatic heterocycles. The highest BCUT2D eigenvalue weighted by Gasteiger charge is 2.16. The number of nitrogens with zero attached hydrogens (tertiary/aromatic N) is 1. The Morgan fingerprint density at radius 3 is 2.75 bits per heavy atom. The minimum Gasteiger partial charge on any atom is -0.369 e. The summed E-state index contributed by atoms with van der Waals surface area (Å²) in [6.45, 7) is 2.38. The molecule has 0 saturated carbocycles. The molecular weight excluding hydrogens is 307 g/mol. The van der Waals surface area contributed by atoms with Crippen molar-refractivity contribution in [1.82, 2.24) is 10.3 Å². The van der Waals surface area contributed by atoms with Crippen LogP contribution in [0.1, 0.15) is 40.6 Å². The summed E-state index contributed by atoms with van der Waals surface area (Å²) in [6.07, 6.45) is 3.87. The molecule has 1 aliphatic rings. The van der Waals surface area contributed by atoms with E-state index in [9.17, 15) is 9.18 Å². The fraction of sp³-hybridized carbons (Fsp3) is 0.368. The number of halogens is 1. The van der Waals surface area contributed by atoms with Crippen LogP contribution in [0.25, 0.3) is 0 Å². The van der Waals surface area contributed by atoms with Crippen LogP contribution in [0, 0.1) is 5.82 Å². The average molecular weight is 328 g/mol. The Bertz CT molecular complexity index is 665. The molecule has 0 radical (unpaired) electrons. The molecule has 1 aliphatic heterocycles. The lowest BCUT2D eigenvalue weighted by Gasteiger charge is -2.23. The van der Waals surface area contributed by atoms with Crippen LogP contribution in [0.4, 0.5) is 4.39 Å². The van der Waals surface area contributed by atoms with Crippen LogP contribution >= 0.6 is 0 Å². The normalized spacial score (nSPS) is 17.6. The number of carbonyl (C=O) groups excluding carboxylic acids is 1. The monoisotopic (exact) mass is 328 g/mol. The van der Waals surface area contributed by atoms with Gasteiger partial charge < -0.3 is 10.1 Å². The Balaban J connectivity index is 1.48. The summed E-state index contributed by atoms with van der Waals surface area (Å²) in [5.41, 5.74) is 2.61. The molecule has 3 rings (SSSR count). The number of ketones is 1. The highest BCUT2D eigenvalue weighted by Crippen LogP contribution is 2.17. The third-order valence-electron chi connectivity index (χ3n) is 4.14. The van der Waals surface area contributed by atoms with Gasteiger partial charge >= 0.3 is 0 Å². The highest BCUT2D eigenvalue weighted by atomic mass is 19.1. The summed E-state index contributed by atoms with van der Waals surface area (Å²) in [5.74, 6) is -0.281. The second-order valence-corrected chi connectivity index (χ2v) is 5.94. The molecule has 0 aliphatic carbocycles. The van der Waals surface area contributed by atoms with Gasteiger partial charge in [0, 0.05) is 31.3 Å². The van der Waals surface area contributed by atoms with Crippen molar-refractivity contribution < 1.29 is 13.9 Å². The number of benzene rings is 1. The number of aryl methyl sites for hydroxylation is 1. The van der Waals surface area contributed by atoms with E-state index in [0.29, 0.717) is 18.6 Å². The number of ether oxygens (including phenoxy) is 1. The minimum atomic E-state index is -0.324. The van der Waals surface area contributed by atoms with Gasteiger partial charge in [0.05, 0.1) is 12.3 Å². The SMILES string of the molecule is O=C(CCCc1ccc(C2CNCCO2)nc1)c1ccc(F)cc1. The first-order valence-electron chi connectivity index (χ1n) is 8.28. The van der Waals surface area contributed by atoms with E-state index in [1.165, 1.54) is 24.3 Å². The molecule has 0 amide bonds. The molecule has 1 N–H and O–H groups in total. The van der Waals surface area contributed by atoms with Crippen LogP contribution in [-0.2, 0) is 11.2 Å². The van der Waals surface area contributed by atoms with Gasteiger partial charge in [-0.2, -0.15) is 0 Å². The molecule has 1 unspecified atom stereocenters. The van der Waals surface area contributed by atoms with Gasteiger partial charge in [0.2, 0.25) is 0 Å². The average Bonchev–Trinajstić information content (AvgIpc) is 2.63. The van der Waals surface area contributed by atoms with Gasteiger partial charge in [-0.1, -0.05) is 6.07 Å². The van der Waals surface area contributed by atoms with Crippen LogP contribution in [0.3, 0.4) is 0 Å². The van der Waals surface area contributed by atoms with Gasteiger partial charge in [0.15, 0.2) is 5.78 Å². The molecule has 4 nitrogen and oxygen atoms in total. The van der Waals surface area contributed by atoms with Crippen molar-refractivity contribution in [2.24, 2.45) is 0 Å². The van der Waals surface area contributed by atoms with E-state index in [1.807, 2.05) is 18.3 Å². The van der Waals surface area contributed by atoms with Crippen molar-refractivity contribution >= 4 is 5.78 Å². The molecule has 5 heteroatoms. The first kappa shape index (κ1) is 16.7. The molecule has 24 heavy (non-hydrogen) atoms. The second kappa shape index (κ2) is 8.13. The summed E-state index contributed by atoms with van der Waals surface area (Å²) in [5, 5.41) is 3.29. The molecular formula is C19H21FN2O2. The topological polar surface area (TPSA) is 51.2 Å². The Kier molecular flexibility index (Phi) is 5.67. The third-order valence-corrected chi connectivity index (χ3v) is 4.14. The largest absolute Gasteiger partial charge is 0.369 e. The van der Waals surface area contributed by atoms with Crippen molar-refractivity contribution in [3.05, 3.63) is 65.2 Å². The van der Waals surface area contributed by atoms with Gasteiger partial charge in [-0.05, 0) is 48.7 Å². The quantitative estimate of drug-likeness (QED) is 0.828. The zero-order valence-corrected chi connectivity index (χ0v) is 13.5. The van der Waals surface area contributed by atoms with E-state index in [4.69, 9.17) is 4.74 Å². The van der Waals surface area contributed by atoms with E-state index in [2.05, 4.69) is 10.3 Å². The number of nitrogens with one attached hydrogen (secondary N) is 1. The summed E-state index contributed by atoms with van der Waals surface area (Å²) in [6, 6.07) is 9.74. The molecule has 1 fully saturated rings. The van der Waals surface area contributed by atoms with Crippen LogP contribution in [0.2, 0.25) is 0 Å². The molecule has 2 aromatic rings. The lowest BCUT2D eigenvalue weighted by Crippen LogP contribution is -2.33. The standard InChI is InChI=1S/C19H21FN2O2/c20-16-7-5-15(6-8-16)18(23)3-1-2-14-4-9-17(22-12-14)19-13-21-10-11-24-19/h4-9,12,19,21H,1-3,10-11,13H2. The van der Waals surface area contributed by atoms with Gasteiger partial charge in [-0.15, -0.1) is 0 Å². The number of Topliss-reactive ketones (excluding diaryl/α,β-unsaturated/α-hetero) is 1. The molecule has 2 heterocycles. The fourth-order valence-electron chi connectivity index (χ4n) is 2.76. The summed E-state index contributed by atoms with van der Waals surface area (Å²) >= 11 is 0. The van der Waals surface area contributed by atoms with Crippen LogP contribution < -0.4 is 5.32 Å². The van der Waals surface area contributed by atoms with Crippen molar-refractivity contribution in [1.29, 1.82) is 0 Å². The van der Waals surface area contributed by atoms with Crippen LogP contribution in [0.5, 0.6) is 0 Å². The first-order chi connectivity index (χ1) is 11.7. The van der Waals surface area contributed by atoms with E-state index in [-0.39, 0.29) is 17.7 Å². The Morgan fingerprint density at radius 1 is 1.25 bits per heavy atom. The molecule has 1 aromatic carbocycles. The van der Waals surface area contributed by atoms with Crippen molar-refractivity contribution in [3.8, 4) is 0 Å². The van der Waals surface area contributed by atoms with E-state index in [1.54, 1.807) is 0 Å². The molecule has 0 bridgehead atoms. The van der Waals surface area contributed by atoms with E-state index >= 15 is 0 Å². The number of rotatable bonds is 6. The van der Waals surface area contributed by atoms with Gasteiger partial charge in [0.1, 0.15) is 11.9 Å². The zero-order chi connectivity index (χ0) is 16.8. The van der Waals surface area contributed by atoms with Gasteiger partial charge in [-0.3, -0.25) is 9.78 Å². The Morgan fingerprint density at radius 2 is 2.08 bits per heavy atom. The van der Waals surface area contributed by atoms with Crippen LogP contribution in [-0.4, -0.2) is 30.5 Å². The summed E-state index contributed by atoms with van der Waals surface area (Å²) in [7, 11) is 0. The van der Waals surface area contributed by atoms with E-state index < -0.39 is 0 Å². The lowest BCUT2D eigenvalue weighted by atomic mass is 10.0.